The number of carbonyl (C=O) groups excluding carboxylic acids is 2. The highest BCUT2D eigenvalue weighted by Gasteiger charge is 2.19. The second-order valence-corrected chi connectivity index (χ2v) is 9.73. The first-order valence-electron chi connectivity index (χ1n) is 12.2. The predicted octanol–water partition coefficient (Wildman–Crippen LogP) is 7.70. The van der Waals surface area contributed by atoms with Crippen LogP contribution in [0.5, 0.6) is 5.75 Å². The summed E-state index contributed by atoms with van der Waals surface area (Å²) in [6.07, 6.45) is 16.2. The highest BCUT2D eigenvalue weighted by Crippen LogP contribution is 2.29. The molecule has 4 nitrogen and oxygen atoms in total. The number of amides is 1. The molecule has 0 heterocycles. The molecular weight excluding hydrogens is 466 g/mol. The molecule has 1 amide bonds. The van der Waals surface area contributed by atoms with Crippen molar-refractivity contribution in [3.05, 3.63) is 42.0 Å². The predicted molar refractivity (Wildman–Crippen MR) is 137 cm³/mol. The Morgan fingerprint density at radius 3 is 2.03 bits per heavy atom. The van der Waals surface area contributed by atoms with E-state index in [1.54, 1.807) is 12.1 Å². The topological polar surface area (TPSA) is 69.4 Å². The molecule has 0 aromatic heterocycles. The summed E-state index contributed by atoms with van der Waals surface area (Å²) in [4.78, 5) is 23.9. The third-order valence-corrected chi connectivity index (χ3v) is 6.72. The van der Waals surface area contributed by atoms with Gasteiger partial charge in [-0.25, -0.2) is 0 Å². The van der Waals surface area contributed by atoms with Crippen LogP contribution in [0.3, 0.4) is 0 Å². The molecular formula is C27H38BrNO3. The highest BCUT2D eigenvalue weighted by atomic mass is 79.9. The van der Waals surface area contributed by atoms with E-state index in [0.29, 0.717) is 11.3 Å². The third kappa shape index (κ3) is 9.32. The Kier molecular flexibility index (Phi) is 12.4. The van der Waals surface area contributed by atoms with Gasteiger partial charge in [-0.05, 0) is 23.9 Å². The van der Waals surface area contributed by atoms with Crippen LogP contribution in [0.15, 0.2) is 36.4 Å². The minimum Gasteiger partial charge on any atom is -0.425 e. The van der Waals surface area contributed by atoms with Gasteiger partial charge in [-0.3, -0.25) is 9.59 Å². The van der Waals surface area contributed by atoms with Crippen molar-refractivity contribution in [2.24, 2.45) is 5.73 Å². The van der Waals surface area contributed by atoms with E-state index in [0.717, 1.165) is 30.0 Å². The van der Waals surface area contributed by atoms with Crippen molar-refractivity contribution in [1.82, 2.24) is 0 Å². The maximum atomic E-state index is 12.6. The molecule has 2 rings (SSSR count). The number of nitrogens with two attached hydrogens (primary N) is 1. The lowest BCUT2D eigenvalue weighted by atomic mass is 10.0. The first-order valence-corrected chi connectivity index (χ1v) is 13.1. The molecule has 0 fully saturated rings. The number of ether oxygens (including phenoxy) is 1. The molecule has 176 valence electrons. The molecule has 0 bridgehead atoms. The summed E-state index contributed by atoms with van der Waals surface area (Å²) in [6.45, 7) is 2.26. The molecule has 0 saturated heterocycles. The summed E-state index contributed by atoms with van der Waals surface area (Å²) in [5, 5.41) is 1.61. The van der Waals surface area contributed by atoms with Gasteiger partial charge in [-0.15, -0.1) is 0 Å². The van der Waals surface area contributed by atoms with E-state index in [2.05, 4.69) is 22.9 Å². The quantitative estimate of drug-likeness (QED) is 0.110. The highest BCUT2D eigenvalue weighted by molar-refractivity contribution is 9.10. The van der Waals surface area contributed by atoms with Gasteiger partial charge in [0, 0.05) is 10.9 Å². The van der Waals surface area contributed by atoms with Gasteiger partial charge >= 0.3 is 5.97 Å². The number of rotatable bonds is 16. The smallest absolute Gasteiger partial charge is 0.325 e. The van der Waals surface area contributed by atoms with Crippen molar-refractivity contribution in [1.29, 1.82) is 0 Å². The largest absolute Gasteiger partial charge is 0.425 e. The van der Waals surface area contributed by atoms with Gasteiger partial charge in [-0.1, -0.05) is 124 Å². The van der Waals surface area contributed by atoms with Crippen LogP contribution in [-0.2, 0) is 4.79 Å². The van der Waals surface area contributed by atoms with Gasteiger partial charge < -0.3 is 10.5 Å². The summed E-state index contributed by atoms with van der Waals surface area (Å²) in [6, 6.07) is 10.8. The minimum absolute atomic E-state index is 0.332. The number of hydrogen-bond donors (Lipinski definition) is 1. The zero-order valence-electron chi connectivity index (χ0n) is 19.4. The molecule has 5 heteroatoms. The molecule has 1 atom stereocenters. The summed E-state index contributed by atoms with van der Waals surface area (Å²) < 4.78 is 5.64. The first-order chi connectivity index (χ1) is 15.5. The van der Waals surface area contributed by atoms with Crippen LogP contribution in [0.2, 0.25) is 0 Å². The first kappa shape index (κ1) is 26.4. The number of carbonyl (C=O) groups is 2. The summed E-state index contributed by atoms with van der Waals surface area (Å²) in [7, 11) is 0. The second-order valence-electron chi connectivity index (χ2n) is 8.63. The Hall–Kier alpha value is -1.88. The lowest BCUT2D eigenvalue weighted by Crippen LogP contribution is -2.21. The Morgan fingerprint density at radius 2 is 1.44 bits per heavy atom. The zero-order valence-corrected chi connectivity index (χ0v) is 21.0. The van der Waals surface area contributed by atoms with E-state index in [4.69, 9.17) is 10.5 Å². The molecule has 2 aromatic rings. The third-order valence-electron chi connectivity index (χ3n) is 5.89. The Bertz CT molecular complexity index is 852. The van der Waals surface area contributed by atoms with Crippen LogP contribution < -0.4 is 10.5 Å². The maximum absolute atomic E-state index is 12.6. The fourth-order valence-corrected chi connectivity index (χ4v) is 4.37. The minimum atomic E-state index is -0.542. The van der Waals surface area contributed by atoms with Gasteiger partial charge in [0.15, 0.2) is 0 Å². The van der Waals surface area contributed by atoms with E-state index in [1.807, 2.05) is 24.3 Å². The fourth-order valence-electron chi connectivity index (χ4n) is 3.96. The number of primary amides is 1. The number of benzene rings is 2. The number of esters is 1. The van der Waals surface area contributed by atoms with Gasteiger partial charge in [0.05, 0.1) is 0 Å². The monoisotopic (exact) mass is 503 g/mol. The van der Waals surface area contributed by atoms with Crippen molar-refractivity contribution < 1.29 is 14.3 Å². The van der Waals surface area contributed by atoms with Gasteiger partial charge in [0.1, 0.15) is 10.6 Å². The Morgan fingerprint density at radius 1 is 0.875 bits per heavy atom. The molecule has 2 aromatic carbocycles. The van der Waals surface area contributed by atoms with Crippen LogP contribution in [0.4, 0.5) is 0 Å². The molecule has 1 unspecified atom stereocenters. The van der Waals surface area contributed by atoms with Crippen LogP contribution in [-0.4, -0.2) is 16.7 Å². The lowest BCUT2D eigenvalue weighted by molar-refractivity contribution is -0.133. The number of fused-ring (bicyclic) bond motifs is 1. The second kappa shape index (κ2) is 15.0. The summed E-state index contributed by atoms with van der Waals surface area (Å²) >= 11 is 3.48. The zero-order chi connectivity index (χ0) is 23.2. The summed E-state index contributed by atoms with van der Waals surface area (Å²) in [5.74, 6) is -0.499. The van der Waals surface area contributed by atoms with Crippen LogP contribution in [0.25, 0.3) is 10.8 Å². The number of hydrogen-bond acceptors (Lipinski definition) is 3. The number of alkyl halides is 1. The molecule has 0 spiro atoms. The molecule has 2 N–H and O–H groups in total. The van der Waals surface area contributed by atoms with Crippen molar-refractivity contribution in [2.75, 3.05) is 0 Å². The van der Waals surface area contributed by atoms with Crippen LogP contribution in [0, 0.1) is 0 Å². The number of halogens is 1. The van der Waals surface area contributed by atoms with Gasteiger partial charge in [0.2, 0.25) is 5.91 Å². The summed E-state index contributed by atoms with van der Waals surface area (Å²) in [5.41, 5.74) is 5.76. The van der Waals surface area contributed by atoms with Crippen molar-refractivity contribution >= 4 is 38.6 Å². The van der Waals surface area contributed by atoms with Crippen LogP contribution >= 0.6 is 15.9 Å². The maximum Gasteiger partial charge on any atom is 0.325 e. The normalized spacial score (nSPS) is 12.1. The van der Waals surface area contributed by atoms with E-state index in [-0.39, 0.29) is 10.8 Å². The number of unbranched alkanes of at least 4 members (excludes halogenated alkanes) is 11. The van der Waals surface area contributed by atoms with Crippen molar-refractivity contribution in [3.8, 4) is 5.75 Å². The molecule has 0 aliphatic carbocycles. The lowest BCUT2D eigenvalue weighted by Gasteiger charge is -2.13. The average molecular weight is 505 g/mol. The van der Waals surface area contributed by atoms with E-state index in [9.17, 15) is 9.59 Å². The van der Waals surface area contributed by atoms with E-state index in [1.165, 1.54) is 64.2 Å². The Labute approximate surface area is 201 Å². The molecule has 32 heavy (non-hydrogen) atoms. The molecule has 0 aliphatic heterocycles. The van der Waals surface area contributed by atoms with Gasteiger partial charge in [0.25, 0.3) is 0 Å². The molecule has 0 saturated carbocycles. The Balaban J connectivity index is 1.67. The van der Waals surface area contributed by atoms with Crippen molar-refractivity contribution in [2.45, 2.75) is 95.2 Å². The van der Waals surface area contributed by atoms with Crippen LogP contribution in [0.1, 0.15) is 101 Å². The van der Waals surface area contributed by atoms with Crippen molar-refractivity contribution in [3.63, 3.8) is 0 Å². The SMILES string of the molecule is CCCCCCCCCCCCCCC(Br)C(=O)Oc1cc(C(N)=O)cc2ccccc12. The van der Waals surface area contributed by atoms with E-state index < -0.39 is 5.91 Å². The molecule has 0 aliphatic rings. The fraction of sp³-hybridized carbons (Fsp3) is 0.556. The van der Waals surface area contributed by atoms with Gasteiger partial charge in [-0.2, -0.15) is 0 Å². The molecule has 0 radical (unpaired) electrons. The average Bonchev–Trinajstić information content (AvgIpc) is 2.79. The van der Waals surface area contributed by atoms with E-state index >= 15 is 0 Å². The standard InChI is InChI=1S/C27H38BrNO3/c1-2-3-4-5-6-7-8-9-10-11-12-13-18-24(28)27(31)32-25-20-22(26(29)30)19-21-16-14-15-17-23(21)25/h14-17,19-20,24H,2-13,18H2,1H3,(H2,29,30).